The van der Waals surface area contributed by atoms with E-state index in [0.717, 1.165) is 4.88 Å². The second-order valence-corrected chi connectivity index (χ2v) is 6.36. The quantitative estimate of drug-likeness (QED) is 0.751. The van der Waals surface area contributed by atoms with Crippen molar-refractivity contribution in [2.24, 2.45) is 0 Å². The van der Waals surface area contributed by atoms with Gasteiger partial charge in [-0.25, -0.2) is 9.78 Å². The fraction of sp³-hybridized carbons (Fsp3) is 0.0556. The fourth-order valence-corrected chi connectivity index (χ4v) is 3.06. The summed E-state index contributed by atoms with van der Waals surface area (Å²) in [6.07, 6.45) is 1.69. The molecular formula is C18H14N2O3S. The number of nitrogens with one attached hydrogen (secondary N) is 1. The number of amides is 1. The van der Waals surface area contributed by atoms with Crippen LogP contribution in [0.2, 0.25) is 0 Å². The Kier molecular flexibility index (Phi) is 4.39. The Morgan fingerprint density at radius 2 is 1.58 bits per heavy atom. The summed E-state index contributed by atoms with van der Waals surface area (Å²) in [6.45, 7) is 1.91. The number of aromatic carboxylic acids is 1. The van der Waals surface area contributed by atoms with Crippen LogP contribution in [0, 0.1) is 6.92 Å². The predicted molar refractivity (Wildman–Crippen MR) is 93.6 cm³/mol. The van der Waals surface area contributed by atoms with Crippen molar-refractivity contribution in [1.82, 2.24) is 4.98 Å². The van der Waals surface area contributed by atoms with Gasteiger partial charge in [0.05, 0.1) is 5.56 Å². The van der Waals surface area contributed by atoms with Gasteiger partial charge in [0.15, 0.2) is 5.13 Å². The number of aryl methyl sites for hydroxylation is 1. The average molecular weight is 338 g/mol. The SMILES string of the molecule is Cc1cnc(NC(=O)c2ccccc2-c2ccccc2C(=O)O)s1. The van der Waals surface area contributed by atoms with Crippen molar-refractivity contribution in [1.29, 1.82) is 0 Å². The van der Waals surface area contributed by atoms with Crippen molar-refractivity contribution in [3.8, 4) is 11.1 Å². The zero-order valence-corrected chi connectivity index (χ0v) is 13.6. The molecule has 0 fully saturated rings. The van der Waals surface area contributed by atoms with Crippen LogP contribution in [-0.2, 0) is 0 Å². The van der Waals surface area contributed by atoms with Crippen molar-refractivity contribution < 1.29 is 14.7 Å². The molecule has 1 amide bonds. The number of carboxylic acids is 1. The Hall–Kier alpha value is -2.99. The van der Waals surface area contributed by atoms with Crippen LogP contribution in [0.3, 0.4) is 0 Å². The van der Waals surface area contributed by atoms with Crippen molar-refractivity contribution >= 4 is 28.3 Å². The topological polar surface area (TPSA) is 79.3 Å². The first kappa shape index (κ1) is 15.9. The third kappa shape index (κ3) is 3.18. The number of carbonyl (C=O) groups excluding carboxylic acids is 1. The first-order valence-corrected chi connectivity index (χ1v) is 8.03. The molecule has 2 N–H and O–H groups in total. The van der Waals surface area contributed by atoms with E-state index in [-0.39, 0.29) is 11.5 Å². The third-order valence-corrected chi connectivity index (χ3v) is 4.29. The predicted octanol–water partition coefficient (Wildman–Crippen LogP) is 4.07. The van der Waals surface area contributed by atoms with Crippen LogP contribution in [0.15, 0.2) is 54.7 Å². The number of carboxylic acid groups (broad SMARTS) is 1. The molecule has 3 aromatic rings. The Balaban J connectivity index is 2.03. The van der Waals surface area contributed by atoms with E-state index in [0.29, 0.717) is 21.8 Å². The minimum Gasteiger partial charge on any atom is -0.478 e. The molecule has 0 spiro atoms. The van der Waals surface area contributed by atoms with Crippen LogP contribution in [0.4, 0.5) is 5.13 Å². The molecule has 6 heteroatoms. The molecule has 120 valence electrons. The van der Waals surface area contributed by atoms with Gasteiger partial charge in [0.2, 0.25) is 0 Å². The Bertz CT molecular complexity index is 918. The van der Waals surface area contributed by atoms with E-state index in [9.17, 15) is 14.7 Å². The zero-order valence-electron chi connectivity index (χ0n) is 12.8. The lowest BCUT2D eigenvalue weighted by Crippen LogP contribution is -2.13. The van der Waals surface area contributed by atoms with Gasteiger partial charge in [-0.15, -0.1) is 11.3 Å². The summed E-state index contributed by atoms with van der Waals surface area (Å²) >= 11 is 1.38. The number of aromatic nitrogens is 1. The fourth-order valence-electron chi connectivity index (χ4n) is 2.40. The van der Waals surface area contributed by atoms with E-state index >= 15 is 0 Å². The van der Waals surface area contributed by atoms with Crippen LogP contribution in [0.25, 0.3) is 11.1 Å². The summed E-state index contributed by atoms with van der Waals surface area (Å²) < 4.78 is 0. The normalized spacial score (nSPS) is 10.4. The van der Waals surface area contributed by atoms with Crippen molar-refractivity contribution in [2.45, 2.75) is 6.92 Å². The maximum Gasteiger partial charge on any atom is 0.336 e. The molecule has 5 nitrogen and oxygen atoms in total. The number of hydrogen-bond donors (Lipinski definition) is 2. The summed E-state index contributed by atoms with van der Waals surface area (Å²) in [5.41, 5.74) is 1.63. The second-order valence-electron chi connectivity index (χ2n) is 5.13. The lowest BCUT2D eigenvalue weighted by Gasteiger charge is -2.11. The van der Waals surface area contributed by atoms with Crippen LogP contribution in [0.5, 0.6) is 0 Å². The van der Waals surface area contributed by atoms with E-state index in [4.69, 9.17) is 0 Å². The standard InChI is InChI=1S/C18H14N2O3S/c1-11-10-19-18(24-11)20-16(21)14-8-4-2-6-12(14)13-7-3-5-9-15(13)17(22)23/h2-10H,1H3,(H,22,23)(H,19,20,21). The smallest absolute Gasteiger partial charge is 0.336 e. The maximum atomic E-state index is 12.6. The van der Waals surface area contributed by atoms with Crippen LogP contribution < -0.4 is 5.32 Å². The molecule has 1 aromatic heterocycles. The third-order valence-electron chi connectivity index (χ3n) is 3.46. The lowest BCUT2D eigenvalue weighted by molar-refractivity contribution is 0.0697. The highest BCUT2D eigenvalue weighted by Crippen LogP contribution is 2.28. The van der Waals surface area contributed by atoms with Gasteiger partial charge in [0, 0.05) is 16.6 Å². The Morgan fingerprint density at radius 1 is 1.00 bits per heavy atom. The molecule has 1 heterocycles. The Labute approximate surface area is 142 Å². The number of nitrogens with zero attached hydrogens (tertiary/aromatic N) is 1. The van der Waals surface area contributed by atoms with Gasteiger partial charge < -0.3 is 5.11 Å². The van der Waals surface area contributed by atoms with Crippen LogP contribution >= 0.6 is 11.3 Å². The van der Waals surface area contributed by atoms with E-state index in [1.54, 1.807) is 48.7 Å². The summed E-state index contributed by atoms with van der Waals surface area (Å²) in [4.78, 5) is 29.2. The highest BCUT2D eigenvalue weighted by Gasteiger charge is 2.18. The highest BCUT2D eigenvalue weighted by atomic mass is 32.1. The summed E-state index contributed by atoms with van der Waals surface area (Å²) in [6, 6.07) is 13.6. The molecule has 0 saturated carbocycles. The number of thiazole rings is 1. The molecule has 0 aliphatic carbocycles. The largest absolute Gasteiger partial charge is 0.478 e. The van der Waals surface area contributed by atoms with E-state index in [1.165, 1.54) is 17.4 Å². The molecule has 2 aromatic carbocycles. The molecule has 0 radical (unpaired) electrons. The Morgan fingerprint density at radius 3 is 2.17 bits per heavy atom. The number of rotatable bonds is 4. The van der Waals surface area contributed by atoms with Gasteiger partial charge >= 0.3 is 5.97 Å². The maximum absolute atomic E-state index is 12.6. The van der Waals surface area contributed by atoms with Gasteiger partial charge in [-0.3, -0.25) is 10.1 Å². The summed E-state index contributed by atoms with van der Waals surface area (Å²) in [7, 11) is 0. The molecule has 0 unspecified atom stereocenters. The zero-order chi connectivity index (χ0) is 17.1. The van der Waals surface area contributed by atoms with Crippen LogP contribution in [-0.4, -0.2) is 22.0 Å². The number of anilines is 1. The van der Waals surface area contributed by atoms with Gasteiger partial charge in [0.1, 0.15) is 0 Å². The lowest BCUT2D eigenvalue weighted by atomic mass is 9.95. The van der Waals surface area contributed by atoms with Gasteiger partial charge in [-0.2, -0.15) is 0 Å². The first-order valence-electron chi connectivity index (χ1n) is 7.22. The van der Waals surface area contributed by atoms with Crippen molar-refractivity contribution in [3.63, 3.8) is 0 Å². The van der Waals surface area contributed by atoms with E-state index in [2.05, 4.69) is 10.3 Å². The van der Waals surface area contributed by atoms with Crippen molar-refractivity contribution in [2.75, 3.05) is 5.32 Å². The highest BCUT2D eigenvalue weighted by molar-refractivity contribution is 7.15. The number of hydrogen-bond acceptors (Lipinski definition) is 4. The molecule has 24 heavy (non-hydrogen) atoms. The molecule has 0 bridgehead atoms. The molecular weight excluding hydrogens is 324 g/mol. The molecule has 3 rings (SSSR count). The summed E-state index contributed by atoms with van der Waals surface area (Å²) in [5.74, 6) is -1.35. The second kappa shape index (κ2) is 6.64. The van der Waals surface area contributed by atoms with Gasteiger partial charge in [0.25, 0.3) is 5.91 Å². The van der Waals surface area contributed by atoms with Crippen molar-refractivity contribution in [3.05, 3.63) is 70.7 Å². The number of carbonyl (C=O) groups is 2. The first-order chi connectivity index (χ1) is 11.6. The molecule has 0 atom stereocenters. The monoisotopic (exact) mass is 338 g/mol. The van der Waals surface area contributed by atoms with E-state index in [1.807, 2.05) is 6.92 Å². The summed E-state index contributed by atoms with van der Waals surface area (Å²) in [5, 5.41) is 12.7. The van der Waals surface area contributed by atoms with Gasteiger partial charge in [-0.05, 0) is 30.2 Å². The molecule has 0 aliphatic heterocycles. The number of benzene rings is 2. The minimum atomic E-state index is -1.03. The average Bonchev–Trinajstić information content (AvgIpc) is 2.99. The molecule has 0 aliphatic rings. The van der Waals surface area contributed by atoms with Gasteiger partial charge in [-0.1, -0.05) is 36.4 Å². The molecule has 0 saturated heterocycles. The van der Waals surface area contributed by atoms with E-state index < -0.39 is 5.97 Å². The van der Waals surface area contributed by atoms with Crippen LogP contribution in [0.1, 0.15) is 25.6 Å². The minimum absolute atomic E-state index is 0.155.